The summed E-state index contributed by atoms with van der Waals surface area (Å²) in [6.45, 7) is 1.59. The molecule has 0 aromatic heterocycles. The van der Waals surface area contributed by atoms with Crippen LogP contribution in [0, 0.1) is 6.92 Å². The number of aryl methyl sites for hydroxylation is 1. The molecule has 1 heterocycles. The third-order valence-electron chi connectivity index (χ3n) is 3.63. The number of methoxy groups -OCH3 is 1. The van der Waals surface area contributed by atoms with Gasteiger partial charge >= 0.3 is 5.97 Å². The highest BCUT2D eigenvalue weighted by Gasteiger charge is 2.46. The van der Waals surface area contributed by atoms with Gasteiger partial charge in [-0.25, -0.2) is 8.42 Å². The average molecular weight is 314 g/mol. The van der Waals surface area contributed by atoms with Gasteiger partial charge in [0.25, 0.3) is 0 Å². The molecule has 0 amide bonds. The number of nitrogens with two attached hydrogens (primary N) is 1. The molecule has 1 aromatic rings. The second-order valence-corrected chi connectivity index (χ2v) is 7.11. The predicted octanol–water partition coefficient (Wildman–Crippen LogP) is 0.180. The number of aliphatic carboxylic acids is 1. The van der Waals surface area contributed by atoms with Gasteiger partial charge in [-0.1, -0.05) is 6.07 Å². The van der Waals surface area contributed by atoms with Gasteiger partial charge in [-0.3, -0.25) is 4.79 Å². The van der Waals surface area contributed by atoms with Crippen molar-refractivity contribution in [1.82, 2.24) is 4.31 Å². The lowest BCUT2D eigenvalue weighted by Gasteiger charge is -2.21. The second-order valence-electron chi connectivity index (χ2n) is 5.20. The van der Waals surface area contributed by atoms with Gasteiger partial charge < -0.3 is 15.6 Å². The van der Waals surface area contributed by atoms with E-state index in [4.69, 9.17) is 15.6 Å². The Balaban J connectivity index is 2.41. The number of hydrogen-bond acceptors (Lipinski definition) is 5. The smallest absolute Gasteiger partial charge is 0.325 e. The van der Waals surface area contributed by atoms with E-state index in [1.165, 1.54) is 13.2 Å². The fourth-order valence-electron chi connectivity index (χ4n) is 2.30. The fourth-order valence-corrected chi connectivity index (χ4v) is 4.05. The highest BCUT2D eigenvalue weighted by Crippen LogP contribution is 2.31. The molecule has 0 saturated carbocycles. The number of benzene rings is 1. The second kappa shape index (κ2) is 5.28. The average Bonchev–Trinajstić information content (AvgIpc) is 2.83. The quantitative estimate of drug-likeness (QED) is 0.820. The summed E-state index contributed by atoms with van der Waals surface area (Å²) in [6, 6.07) is 4.82. The zero-order valence-corrected chi connectivity index (χ0v) is 12.7. The van der Waals surface area contributed by atoms with E-state index in [1.807, 2.05) is 0 Å². The Kier molecular flexibility index (Phi) is 3.96. The van der Waals surface area contributed by atoms with E-state index in [0.717, 1.165) is 9.87 Å². The maximum atomic E-state index is 12.7. The van der Waals surface area contributed by atoms with Gasteiger partial charge in [0, 0.05) is 13.1 Å². The zero-order chi connectivity index (χ0) is 15.8. The maximum Gasteiger partial charge on any atom is 0.325 e. The summed E-state index contributed by atoms with van der Waals surface area (Å²) in [7, 11) is -2.46. The molecular formula is C13H18N2O5S. The molecule has 21 heavy (non-hydrogen) atoms. The summed E-state index contributed by atoms with van der Waals surface area (Å²) in [4.78, 5) is 11.2. The van der Waals surface area contributed by atoms with Crippen molar-refractivity contribution in [3.8, 4) is 5.75 Å². The van der Waals surface area contributed by atoms with E-state index in [9.17, 15) is 13.2 Å². The van der Waals surface area contributed by atoms with Crippen molar-refractivity contribution in [3.05, 3.63) is 23.8 Å². The van der Waals surface area contributed by atoms with Gasteiger partial charge in [0.1, 0.15) is 16.2 Å². The summed E-state index contributed by atoms with van der Waals surface area (Å²) in [5, 5.41) is 9.10. The molecule has 3 N–H and O–H groups in total. The molecular weight excluding hydrogens is 296 g/mol. The lowest BCUT2D eigenvalue weighted by atomic mass is 10.0. The topological polar surface area (TPSA) is 110 Å². The lowest BCUT2D eigenvalue weighted by Crippen LogP contribution is -2.50. The maximum absolute atomic E-state index is 12.7. The summed E-state index contributed by atoms with van der Waals surface area (Å²) in [5.41, 5.74) is 4.96. The molecule has 0 spiro atoms. The largest absolute Gasteiger partial charge is 0.495 e. The summed E-state index contributed by atoms with van der Waals surface area (Å²) >= 11 is 0. The molecule has 7 nitrogen and oxygen atoms in total. The summed E-state index contributed by atoms with van der Waals surface area (Å²) in [5.74, 6) is -0.971. The molecule has 0 bridgehead atoms. The van der Waals surface area contributed by atoms with Gasteiger partial charge in [-0.05, 0) is 31.0 Å². The molecule has 2 rings (SSSR count). The molecule has 1 aromatic carbocycles. The standard InChI is InChI=1S/C13H18N2O5S/c1-9-3-4-10(20-2)11(7-9)21(18,19)15-6-5-13(14,8-15)12(16)17/h3-4,7H,5-6,8,14H2,1-2H3,(H,16,17). The van der Waals surface area contributed by atoms with Crippen molar-refractivity contribution < 1.29 is 23.1 Å². The van der Waals surface area contributed by atoms with E-state index in [2.05, 4.69) is 0 Å². The zero-order valence-electron chi connectivity index (χ0n) is 11.9. The van der Waals surface area contributed by atoms with Gasteiger partial charge in [0.2, 0.25) is 10.0 Å². The van der Waals surface area contributed by atoms with Crippen molar-refractivity contribution in [1.29, 1.82) is 0 Å². The van der Waals surface area contributed by atoms with Crippen LogP contribution in [-0.2, 0) is 14.8 Å². The van der Waals surface area contributed by atoms with Crippen LogP contribution < -0.4 is 10.5 Å². The number of carbonyl (C=O) groups is 1. The van der Waals surface area contributed by atoms with Crippen LogP contribution in [0.1, 0.15) is 12.0 Å². The number of hydrogen-bond donors (Lipinski definition) is 2. The van der Waals surface area contributed by atoms with E-state index < -0.39 is 21.5 Å². The van der Waals surface area contributed by atoms with Crippen LogP contribution in [0.5, 0.6) is 5.75 Å². The molecule has 0 radical (unpaired) electrons. The van der Waals surface area contributed by atoms with Crippen LogP contribution in [0.15, 0.2) is 23.1 Å². The first-order valence-corrected chi connectivity index (χ1v) is 7.82. The summed E-state index contributed by atoms with van der Waals surface area (Å²) < 4.78 is 31.5. The first-order valence-electron chi connectivity index (χ1n) is 6.38. The number of sulfonamides is 1. The van der Waals surface area contributed by atoms with E-state index in [-0.39, 0.29) is 30.2 Å². The van der Waals surface area contributed by atoms with Gasteiger partial charge in [0.05, 0.1) is 7.11 Å². The first-order chi connectivity index (χ1) is 9.70. The molecule has 1 aliphatic heterocycles. The fraction of sp³-hybridized carbons (Fsp3) is 0.462. The molecule has 1 atom stereocenters. The van der Waals surface area contributed by atoms with Crippen molar-refractivity contribution >= 4 is 16.0 Å². The van der Waals surface area contributed by atoms with Crippen LogP contribution >= 0.6 is 0 Å². The van der Waals surface area contributed by atoms with Crippen LogP contribution in [0.3, 0.4) is 0 Å². The minimum Gasteiger partial charge on any atom is -0.495 e. The Labute approximate surface area is 123 Å². The molecule has 8 heteroatoms. The van der Waals surface area contributed by atoms with Crippen molar-refractivity contribution in [3.63, 3.8) is 0 Å². The minimum absolute atomic E-state index is 0.0274. The first kappa shape index (κ1) is 15.7. The monoisotopic (exact) mass is 314 g/mol. The van der Waals surface area contributed by atoms with Crippen molar-refractivity contribution in [2.75, 3.05) is 20.2 Å². The van der Waals surface area contributed by atoms with E-state index in [0.29, 0.717) is 0 Å². The third-order valence-corrected chi connectivity index (χ3v) is 5.50. The highest BCUT2D eigenvalue weighted by atomic mass is 32.2. The van der Waals surface area contributed by atoms with Crippen LogP contribution in [0.4, 0.5) is 0 Å². The van der Waals surface area contributed by atoms with Gasteiger partial charge in [0.15, 0.2) is 0 Å². The Bertz CT molecular complexity index is 673. The molecule has 1 fully saturated rings. The third kappa shape index (κ3) is 2.74. The van der Waals surface area contributed by atoms with Crippen molar-refractivity contribution in [2.45, 2.75) is 23.8 Å². The Hall–Kier alpha value is -1.64. The Morgan fingerprint density at radius 1 is 1.48 bits per heavy atom. The van der Waals surface area contributed by atoms with Gasteiger partial charge in [-0.2, -0.15) is 4.31 Å². The predicted molar refractivity (Wildman–Crippen MR) is 75.7 cm³/mol. The normalized spacial score (nSPS) is 23.2. The molecule has 1 unspecified atom stereocenters. The number of ether oxygens (including phenoxy) is 1. The molecule has 1 aliphatic rings. The lowest BCUT2D eigenvalue weighted by molar-refractivity contribution is -0.142. The van der Waals surface area contributed by atoms with E-state index in [1.54, 1.807) is 19.1 Å². The minimum atomic E-state index is -3.84. The highest BCUT2D eigenvalue weighted by molar-refractivity contribution is 7.89. The SMILES string of the molecule is COc1ccc(C)cc1S(=O)(=O)N1CCC(N)(C(=O)O)C1. The Morgan fingerprint density at radius 2 is 2.14 bits per heavy atom. The number of rotatable bonds is 4. The number of nitrogens with zero attached hydrogens (tertiary/aromatic N) is 1. The molecule has 0 aliphatic carbocycles. The number of carboxylic acids is 1. The van der Waals surface area contributed by atoms with Gasteiger partial charge in [-0.15, -0.1) is 0 Å². The van der Waals surface area contributed by atoms with Crippen molar-refractivity contribution in [2.24, 2.45) is 5.73 Å². The summed E-state index contributed by atoms with van der Waals surface area (Å²) in [6.07, 6.45) is 0.0791. The molecule has 116 valence electrons. The van der Waals surface area contributed by atoms with E-state index >= 15 is 0 Å². The van der Waals surface area contributed by atoms with Crippen LogP contribution in [-0.4, -0.2) is 49.5 Å². The van der Waals surface area contributed by atoms with Crippen LogP contribution in [0.25, 0.3) is 0 Å². The van der Waals surface area contributed by atoms with Crippen LogP contribution in [0.2, 0.25) is 0 Å². The molecule has 1 saturated heterocycles. The number of carboxylic acid groups (broad SMARTS) is 1. The Morgan fingerprint density at radius 3 is 2.67 bits per heavy atom.